The highest BCUT2D eigenvalue weighted by Crippen LogP contribution is 2.10. The molecule has 0 fully saturated rings. The summed E-state index contributed by atoms with van der Waals surface area (Å²) in [6.07, 6.45) is 0.909. The van der Waals surface area contributed by atoms with Crippen LogP contribution in [0.15, 0.2) is 30.3 Å². The summed E-state index contributed by atoms with van der Waals surface area (Å²) in [5, 5.41) is 24.1. The largest absolute Gasteiger partial charge is 0.481 e. The predicted molar refractivity (Wildman–Crippen MR) is 208 cm³/mol. The van der Waals surface area contributed by atoms with E-state index < -0.39 is 108 Å². The van der Waals surface area contributed by atoms with Crippen LogP contribution in [0.2, 0.25) is 0 Å². The van der Waals surface area contributed by atoms with Gasteiger partial charge in [0.15, 0.2) is 0 Å². The smallest absolute Gasteiger partial charge is 0.305 e. The minimum absolute atomic E-state index is 0.0343. The van der Waals surface area contributed by atoms with Gasteiger partial charge in [-0.05, 0) is 48.7 Å². The van der Waals surface area contributed by atoms with Crippen LogP contribution >= 0.6 is 11.8 Å². The first-order chi connectivity index (χ1) is 26.2. The number of hydrogen-bond acceptors (Lipinski definition) is 11. The van der Waals surface area contributed by atoms with Crippen LogP contribution in [0, 0.1) is 11.8 Å². The van der Waals surface area contributed by atoms with Gasteiger partial charge in [-0.25, -0.2) is 0 Å². The molecule has 20 heteroatoms. The van der Waals surface area contributed by atoms with E-state index in [0.29, 0.717) is 17.7 Å². The first-order valence-corrected chi connectivity index (χ1v) is 19.5. The van der Waals surface area contributed by atoms with Gasteiger partial charge in [-0.1, -0.05) is 58.0 Å². The molecule has 0 aromatic heterocycles. The molecule has 0 radical (unpaired) electrons. The average Bonchev–Trinajstić information content (AvgIpc) is 3.11. The molecule has 312 valence electrons. The first kappa shape index (κ1) is 48.8. The maximum absolute atomic E-state index is 13.8. The van der Waals surface area contributed by atoms with E-state index in [-0.39, 0.29) is 31.6 Å². The minimum atomic E-state index is -1.52. The van der Waals surface area contributed by atoms with Crippen LogP contribution in [0.1, 0.15) is 65.4 Å². The second kappa shape index (κ2) is 25.0. The second-order valence-corrected chi connectivity index (χ2v) is 14.9. The Morgan fingerprint density at radius 1 is 0.714 bits per heavy atom. The second-order valence-electron chi connectivity index (χ2n) is 14.0. The fraction of sp³-hybridized carbons (Fsp3) is 0.583. The van der Waals surface area contributed by atoms with Gasteiger partial charge in [-0.15, -0.1) is 0 Å². The quantitative estimate of drug-likeness (QED) is 0.0476. The Morgan fingerprint density at radius 2 is 1.29 bits per heavy atom. The lowest BCUT2D eigenvalue weighted by molar-refractivity contribution is -0.140. The molecule has 13 N–H and O–H groups in total. The number of benzene rings is 1. The highest BCUT2D eigenvalue weighted by molar-refractivity contribution is 7.98. The number of thioether (sulfide) groups is 1. The molecule has 1 aromatic rings. The fourth-order valence-electron chi connectivity index (χ4n) is 5.25. The maximum atomic E-state index is 13.8. The van der Waals surface area contributed by atoms with Gasteiger partial charge in [0.1, 0.15) is 30.2 Å². The summed E-state index contributed by atoms with van der Waals surface area (Å²) >= 11 is 1.47. The van der Waals surface area contributed by atoms with E-state index in [1.807, 2.05) is 20.1 Å². The Hall–Kier alpha value is -5.24. The zero-order chi connectivity index (χ0) is 42.5. The Balaban J connectivity index is 3.17. The molecule has 6 atom stereocenters. The third-order valence-electron chi connectivity index (χ3n) is 8.26. The third-order valence-corrected chi connectivity index (χ3v) is 8.90. The monoisotopic (exact) mass is 807 g/mol. The van der Waals surface area contributed by atoms with Gasteiger partial charge in [-0.2, -0.15) is 11.8 Å². The number of carbonyl (C=O) groups excluding carboxylic acids is 8. The van der Waals surface area contributed by atoms with E-state index in [0.717, 1.165) is 0 Å². The lowest BCUT2D eigenvalue weighted by atomic mass is 10.00. The molecule has 0 spiro atoms. The summed E-state index contributed by atoms with van der Waals surface area (Å²) in [5.41, 5.74) is 17.0. The van der Waals surface area contributed by atoms with Gasteiger partial charge in [-0.3, -0.25) is 43.2 Å². The van der Waals surface area contributed by atoms with E-state index in [4.69, 9.17) is 22.3 Å². The maximum Gasteiger partial charge on any atom is 0.305 e. The van der Waals surface area contributed by atoms with Crippen molar-refractivity contribution in [2.75, 3.05) is 18.6 Å². The molecule has 1 aromatic carbocycles. The number of aliphatic carboxylic acids is 1. The molecule has 0 aliphatic carbocycles. The number of carboxylic acids is 1. The number of rotatable bonds is 26. The molecule has 0 aliphatic heterocycles. The van der Waals surface area contributed by atoms with Crippen LogP contribution in [0.5, 0.6) is 0 Å². The highest BCUT2D eigenvalue weighted by Gasteiger charge is 2.33. The number of carboxylic acid groups (broad SMARTS) is 1. The van der Waals surface area contributed by atoms with Crippen LogP contribution in [0.25, 0.3) is 0 Å². The van der Waals surface area contributed by atoms with E-state index in [1.165, 1.54) is 11.8 Å². The Labute approximate surface area is 330 Å². The summed E-state index contributed by atoms with van der Waals surface area (Å²) in [4.78, 5) is 114. The molecule has 56 heavy (non-hydrogen) atoms. The topological polar surface area (TPSA) is 324 Å². The standard InChI is InChI=1S/C36H57N9O10S/c1-19(2)15-25(34(53)42-23(31(39)50)13-14-56-5)41-28(47)18-40-36(55)30(20(3)4)45-35(54)26(16-21-9-7-6-8-10-21)44-33(52)24(11-12-27(38)46)43-32(51)22(37)17-29(48)49/h6-10,19-20,22-26,30H,11-18,37H2,1-5H3,(H2,38,46)(H2,39,50)(H,40,55)(H,41,47)(H,42,53)(H,43,51)(H,44,52)(H,45,54)(H,48,49)/t22-,23-,24-,25-,26-,30-/m0/s1. The van der Waals surface area contributed by atoms with Gasteiger partial charge in [0, 0.05) is 12.8 Å². The van der Waals surface area contributed by atoms with Crippen molar-refractivity contribution >= 4 is 65.0 Å². The van der Waals surface area contributed by atoms with Gasteiger partial charge in [0.05, 0.1) is 19.0 Å². The summed E-state index contributed by atoms with van der Waals surface area (Å²) in [5.74, 6) is -7.63. The van der Waals surface area contributed by atoms with Crippen molar-refractivity contribution in [1.29, 1.82) is 0 Å². The van der Waals surface area contributed by atoms with Crippen LogP contribution in [0.4, 0.5) is 0 Å². The molecule has 0 unspecified atom stereocenters. The summed E-state index contributed by atoms with van der Waals surface area (Å²) in [6, 6.07) is 1.06. The summed E-state index contributed by atoms with van der Waals surface area (Å²) < 4.78 is 0. The predicted octanol–water partition coefficient (Wildman–Crippen LogP) is -2.22. The Kier molecular flexibility index (Phi) is 21.8. The van der Waals surface area contributed by atoms with Crippen LogP contribution in [-0.4, -0.2) is 113 Å². The summed E-state index contributed by atoms with van der Waals surface area (Å²) in [6.45, 7) is 6.39. The summed E-state index contributed by atoms with van der Waals surface area (Å²) in [7, 11) is 0. The Morgan fingerprint density at radius 3 is 1.82 bits per heavy atom. The molecule has 1 rings (SSSR count). The molecule has 8 amide bonds. The average molecular weight is 808 g/mol. The van der Waals surface area contributed by atoms with Gasteiger partial charge >= 0.3 is 5.97 Å². The molecule has 0 bridgehead atoms. The molecule has 0 heterocycles. The van der Waals surface area contributed by atoms with E-state index in [9.17, 15) is 43.2 Å². The van der Waals surface area contributed by atoms with Gasteiger partial charge in [0.25, 0.3) is 0 Å². The zero-order valence-electron chi connectivity index (χ0n) is 32.4. The number of amides is 8. The molecular weight excluding hydrogens is 751 g/mol. The lowest BCUT2D eigenvalue weighted by Gasteiger charge is -2.27. The van der Waals surface area contributed by atoms with Crippen molar-refractivity contribution in [3.63, 3.8) is 0 Å². The molecule has 19 nitrogen and oxygen atoms in total. The van der Waals surface area contributed by atoms with Crippen LogP contribution < -0.4 is 49.1 Å². The van der Waals surface area contributed by atoms with Crippen molar-refractivity contribution in [2.24, 2.45) is 29.0 Å². The van der Waals surface area contributed by atoms with Crippen molar-refractivity contribution in [1.82, 2.24) is 31.9 Å². The highest BCUT2D eigenvalue weighted by atomic mass is 32.2. The molecule has 0 saturated carbocycles. The lowest BCUT2D eigenvalue weighted by Crippen LogP contribution is -2.59. The number of primary amides is 2. The number of nitrogens with two attached hydrogens (primary N) is 3. The number of hydrogen-bond donors (Lipinski definition) is 10. The van der Waals surface area contributed by atoms with Crippen molar-refractivity contribution in [3.8, 4) is 0 Å². The Bertz CT molecular complexity index is 1530. The number of nitrogens with one attached hydrogen (secondary N) is 6. The molecule has 0 saturated heterocycles. The van der Waals surface area contributed by atoms with Gasteiger partial charge < -0.3 is 54.2 Å². The fourth-order valence-corrected chi connectivity index (χ4v) is 5.73. The molecule has 0 aliphatic rings. The van der Waals surface area contributed by atoms with Crippen LogP contribution in [-0.2, 0) is 49.6 Å². The SMILES string of the molecule is CSCC[C@H](NC(=O)[C@H](CC(C)C)NC(=O)CNC(=O)[C@@H](NC(=O)[C@H](Cc1ccccc1)NC(=O)[C@H](CCC(N)=O)NC(=O)[C@@H](N)CC(=O)O)C(C)C)C(N)=O. The van der Waals surface area contributed by atoms with Crippen molar-refractivity contribution < 1.29 is 48.3 Å². The zero-order valence-corrected chi connectivity index (χ0v) is 33.2. The van der Waals surface area contributed by atoms with Crippen LogP contribution in [0.3, 0.4) is 0 Å². The third kappa shape index (κ3) is 18.9. The van der Waals surface area contributed by atoms with E-state index in [2.05, 4.69) is 31.9 Å². The number of carbonyl (C=O) groups is 9. The minimum Gasteiger partial charge on any atom is -0.481 e. The first-order valence-electron chi connectivity index (χ1n) is 18.1. The van der Waals surface area contributed by atoms with Crippen molar-refractivity contribution in [2.45, 2.75) is 102 Å². The van der Waals surface area contributed by atoms with Crippen molar-refractivity contribution in [3.05, 3.63) is 35.9 Å². The van der Waals surface area contributed by atoms with E-state index in [1.54, 1.807) is 44.2 Å². The van der Waals surface area contributed by atoms with Gasteiger partial charge in [0.2, 0.25) is 47.3 Å². The van der Waals surface area contributed by atoms with E-state index >= 15 is 0 Å². The normalized spacial score (nSPS) is 14.2. The molecular formula is C36H57N9O10S.